The summed E-state index contributed by atoms with van der Waals surface area (Å²) < 4.78 is 22.4. The van der Waals surface area contributed by atoms with Crippen molar-refractivity contribution in [2.24, 2.45) is 4.99 Å². The Morgan fingerprint density at radius 1 is 1.29 bits per heavy atom. The van der Waals surface area contributed by atoms with E-state index in [1.807, 2.05) is 6.92 Å². The van der Waals surface area contributed by atoms with Crippen molar-refractivity contribution in [3.63, 3.8) is 0 Å². The second-order valence-electron chi connectivity index (χ2n) is 5.76. The van der Waals surface area contributed by atoms with E-state index in [2.05, 4.69) is 15.6 Å². The molecule has 0 aromatic heterocycles. The zero-order valence-corrected chi connectivity index (χ0v) is 18.4. The first-order chi connectivity index (χ1) is 11.2. The van der Waals surface area contributed by atoms with Crippen LogP contribution in [-0.4, -0.2) is 67.7 Å². The summed E-state index contributed by atoms with van der Waals surface area (Å²) in [7, 11) is 2.77. The van der Waals surface area contributed by atoms with Crippen LogP contribution in [-0.2, 0) is 20.3 Å². The molecule has 1 fully saturated rings. The van der Waals surface area contributed by atoms with Crippen molar-refractivity contribution < 1.29 is 13.7 Å². The van der Waals surface area contributed by atoms with Gasteiger partial charge in [0.05, 0.1) is 13.2 Å². The average Bonchev–Trinajstić information content (AvgIpc) is 2.59. The fourth-order valence-electron chi connectivity index (χ4n) is 2.76. The first kappa shape index (κ1) is 24.1. The lowest BCUT2D eigenvalue weighted by molar-refractivity contribution is 0.0698. The fourth-order valence-corrected chi connectivity index (χ4v) is 4.11. The highest BCUT2D eigenvalue weighted by atomic mass is 127. The monoisotopic (exact) mass is 475 g/mol. The molecular weight excluding hydrogens is 441 g/mol. The third kappa shape index (κ3) is 10.1. The quantitative estimate of drug-likeness (QED) is 0.219. The summed E-state index contributed by atoms with van der Waals surface area (Å²) in [5.74, 6) is 1.59. The number of hydrogen-bond acceptors (Lipinski definition) is 4. The molecule has 144 valence electrons. The van der Waals surface area contributed by atoms with E-state index in [1.54, 1.807) is 14.2 Å². The topological polar surface area (TPSA) is 72.0 Å². The van der Waals surface area contributed by atoms with Crippen molar-refractivity contribution in [2.45, 2.75) is 50.3 Å². The minimum atomic E-state index is -0.689. The van der Waals surface area contributed by atoms with Gasteiger partial charge < -0.3 is 20.1 Å². The molecule has 1 rings (SSSR count). The van der Waals surface area contributed by atoms with Gasteiger partial charge in [-0.2, -0.15) is 0 Å². The van der Waals surface area contributed by atoms with Crippen molar-refractivity contribution >= 4 is 40.7 Å². The van der Waals surface area contributed by atoms with E-state index in [1.165, 1.54) is 0 Å². The van der Waals surface area contributed by atoms with Gasteiger partial charge in [0, 0.05) is 55.2 Å². The molecule has 0 heterocycles. The smallest absolute Gasteiger partial charge is 0.191 e. The highest BCUT2D eigenvalue weighted by Crippen LogP contribution is 2.22. The molecule has 6 nitrogen and oxygen atoms in total. The van der Waals surface area contributed by atoms with Crippen LogP contribution >= 0.6 is 24.0 Å². The van der Waals surface area contributed by atoms with Crippen molar-refractivity contribution in [1.29, 1.82) is 0 Å². The molecule has 1 aliphatic carbocycles. The highest BCUT2D eigenvalue weighted by molar-refractivity contribution is 14.0. The number of guanidine groups is 1. The third-order valence-electron chi connectivity index (χ3n) is 4.04. The molecule has 0 spiro atoms. The molecule has 1 aliphatic rings. The summed E-state index contributed by atoms with van der Waals surface area (Å²) in [5, 5.41) is 7.12. The lowest BCUT2D eigenvalue weighted by Crippen LogP contribution is -2.46. The van der Waals surface area contributed by atoms with Crippen LogP contribution < -0.4 is 10.6 Å². The van der Waals surface area contributed by atoms with Crippen LogP contribution in [0.15, 0.2) is 4.99 Å². The highest BCUT2D eigenvalue weighted by Gasteiger charge is 2.25. The Morgan fingerprint density at radius 3 is 2.75 bits per heavy atom. The molecule has 24 heavy (non-hydrogen) atoms. The molecule has 1 saturated carbocycles. The molecule has 3 atom stereocenters. The second kappa shape index (κ2) is 15.3. The van der Waals surface area contributed by atoms with E-state index in [0.717, 1.165) is 50.4 Å². The third-order valence-corrected chi connectivity index (χ3v) is 5.78. The molecule has 0 aromatic rings. The standard InChI is InChI=1S/C16H33N3O3S.HI/c1-4-23(20)15-8-5-7-14(13-15)19-16(17-2)18-9-6-10-22-12-11-21-3;/h14-15H,4-13H2,1-3H3,(H2,17,18,19);1H. The van der Waals surface area contributed by atoms with Gasteiger partial charge in [-0.1, -0.05) is 13.3 Å². The lowest BCUT2D eigenvalue weighted by atomic mass is 9.95. The van der Waals surface area contributed by atoms with E-state index in [9.17, 15) is 4.21 Å². The van der Waals surface area contributed by atoms with Crippen molar-refractivity contribution in [3.8, 4) is 0 Å². The van der Waals surface area contributed by atoms with Gasteiger partial charge in [-0.3, -0.25) is 9.20 Å². The van der Waals surface area contributed by atoms with E-state index >= 15 is 0 Å². The second-order valence-corrected chi connectivity index (χ2v) is 7.76. The van der Waals surface area contributed by atoms with Gasteiger partial charge in [-0.25, -0.2) is 0 Å². The van der Waals surface area contributed by atoms with Crippen LogP contribution in [0.3, 0.4) is 0 Å². The minimum absolute atomic E-state index is 0. The van der Waals surface area contributed by atoms with Crippen LogP contribution in [0.1, 0.15) is 39.0 Å². The van der Waals surface area contributed by atoms with Crippen molar-refractivity contribution in [1.82, 2.24) is 10.6 Å². The Kier molecular flexibility index (Phi) is 15.4. The maximum absolute atomic E-state index is 12.0. The number of aliphatic imine (C=N–C) groups is 1. The van der Waals surface area contributed by atoms with Gasteiger partial charge in [-0.15, -0.1) is 24.0 Å². The largest absolute Gasteiger partial charge is 0.382 e. The fraction of sp³-hybridized carbons (Fsp3) is 0.938. The summed E-state index contributed by atoms with van der Waals surface area (Å²) in [5.41, 5.74) is 0. The molecule has 2 N–H and O–H groups in total. The van der Waals surface area contributed by atoms with Crippen molar-refractivity contribution in [2.75, 3.05) is 46.3 Å². The SMILES string of the molecule is CCS(=O)C1CCCC(NC(=NC)NCCCOCCOC)C1.I. The predicted octanol–water partition coefficient (Wildman–Crippen LogP) is 1.90. The van der Waals surface area contributed by atoms with Crippen molar-refractivity contribution in [3.05, 3.63) is 0 Å². The Balaban J connectivity index is 0.00000529. The maximum Gasteiger partial charge on any atom is 0.191 e. The number of halogens is 1. The van der Waals surface area contributed by atoms with Gasteiger partial charge in [0.25, 0.3) is 0 Å². The number of nitrogens with zero attached hydrogens (tertiary/aromatic N) is 1. The van der Waals surface area contributed by atoms with Crippen LogP contribution in [0.25, 0.3) is 0 Å². The average molecular weight is 475 g/mol. The molecule has 0 saturated heterocycles. The summed E-state index contributed by atoms with van der Waals surface area (Å²) in [6, 6.07) is 0.369. The molecule has 0 aliphatic heterocycles. The van der Waals surface area contributed by atoms with E-state index in [4.69, 9.17) is 9.47 Å². The van der Waals surface area contributed by atoms with E-state index in [0.29, 0.717) is 31.1 Å². The first-order valence-electron chi connectivity index (χ1n) is 8.62. The van der Waals surface area contributed by atoms with Crippen LogP contribution in [0.2, 0.25) is 0 Å². The lowest BCUT2D eigenvalue weighted by Gasteiger charge is -2.30. The molecule has 0 radical (unpaired) electrons. The Labute approximate surface area is 166 Å². The minimum Gasteiger partial charge on any atom is -0.382 e. The van der Waals surface area contributed by atoms with Gasteiger partial charge in [0.15, 0.2) is 5.96 Å². The summed E-state index contributed by atoms with van der Waals surface area (Å²) in [6.45, 7) is 4.82. The molecule has 8 heteroatoms. The van der Waals surface area contributed by atoms with Gasteiger partial charge in [-0.05, 0) is 25.7 Å². The number of hydrogen-bond donors (Lipinski definition) is 2. The Bertz CT molecular complexity index is 372. The van der Waals surface area contributed by atoms with E-state index in [-0.39, 0.29) is 24.0 Å². The zero-order chi connectivity index (χ0) is 16.9. The normalized spacial score (nSPS) is 22.5. The number of nitrogens with one attached hydrogen (secondary N) is 2. The number of methoxy groups -OCH3 is 1. The van der Waals surface area contributed by atoms with Gasteiger partial charge >= 0.3 is 0 Å². The molecule has 3 unspecified atom stereocenters. The van der Waals surface area contributed by atoms with Crippen LogP contribution in [0, 0.1) is 0 Å². The summed E-state index contributed by atoms with van der Waals surface area (Å²) >= 11 is 0. The Hall–Kier alpha value is 0.0700. The summed E-state index contributed by atoms with van der Waals surface area (Å²) in [6.07, 6.45) is 5.25. The zero-order valence-electron chi connectivity index (χ0n) is 15.2. The number of rotatable bonds is 10. The van der Waals surface area contributed by atoms with Crippen LogP contribution in [0.4, 0.5) is 0 Å². The van der Waals surface area contributed by atoms with Gasteiger partial charge in [0.2, 0.25) is 0 Å². The van der Waals surface area contributed by atoms with Crippen LogP contribution in [0.5, 0.6) is 0 Å². The van der Waals surface area contributed by atoms with E-state index < -0.39 is 10.8 Å². The van der Waals surface area contributed by atoms with Gasteiger partial charge in [0.1, 0.15) is 0 Å². The first-order valence-corrected chi connectivity index (χ1v) is 10.0. The molecule has 0 aromatic carbocycles. The number of ether oxygens (including phenoxy) is 2. The molecule has 0 bridgehead atoms. The Morgan fingerprint density at radius 2 is 2.08 bits per heavy atom. The molecular formula is C16H34IN3O3S. The maximum atomic E-state index is 12.0. The predicted molar refractivity (Wildman–Crippen MR) is 112 cm³/mol. The molecule has 0 amide bonds. The summed E-state index contributed by atoms with van der Waals surface area (Å²) in [4.78, 5) is 4.28.